The molecule has 0 amide bonds. The monoisotopic (exact) mass is 227 g/mol. The lowest BCUT2D eigenvalue weighted by molar-refractivity contribution is -0.140. The molecule has 0 fully saturated rings. The first-order chi connectivity index (χ1) is 6.84. The topological polar surface area (TPSA) is 33.1 Å². The van der Waals surface area contributed by atoms with Crippen LogP contribution in [0.2, 0.25) is 0 Å². The van der Waals surface area contributed by atoms with Gasteiger partial charge in [-0.25, -0.2) is 8.78 Å². The first kappa shape index (κ1) is 11.8. The molecule has 84 valence electrons. The summed E-state index contributed by atoms with van der Waals surface area (Å²) in [4.78, 5) is 3.18. The van der Waals surface area contributed by atoms with Gasteiger partial charge in [-0.05, 0) is 6.07 Å². The lowest BCUT2D eigenvalue weighted by Gasteiger charge is -2.15. The molecule has 1 heterocycles. The summed E-state index contributed by atoms with van der Waals surface area (Å²) in [5.41, 5.74) is -2.22. The maximum absolute atomic E-state index is 12.3. The molecular formula is C8H6F5NO. The van der Waals surface area contributed by atoms with E-state index in [1.165, 1.54) is 0 Å². The third kappa shape index (κ3) is 2.62. The van der Waals surface area contributed by atoms with E-state index in [0.717, 1.165) is 12.3 Å². The van der Waals surface area contributed by atoms with Crippen LogP contribution in [0.1, 0.15) is 17.2 Å². The number of aromatic nitrogens is 1. The van der Waals surface area contributed by atoms with Gasteiger partial charge in [0.2, 0.25) is 0 Å². The molecule has 7 heteroatoms. The predicted octanol–water partition coefficient (Wildman–Crippen LogP) is 2.40. The van der Waals surface area contributed by atoms with Crippen molar-refractivity contribution in [3.63, 3.8) is 0 Å². The van der Waals surface area contributed by atoms with E-state index in [1.54, 1.807) is 0 Å². The highest BCUT2D eigenvalue weighted by atomic mass is 19.4. The summed E-state index contributed by atoms with van der Waals surface area (Å²) in [5, 5.41) is 8.86. The van der Waals surface area contributed by atoms with E-state index in [2.05, 4.69) is 4.98 Å². The summed E-state index contributed by atoms with van der Waals surface area (Å²) in [6, 6.07) is 0.722. The fraction of sp³-hybridized carbons (Fsp3) is 0.375. The van der Waals surface area contributed by atoms with Gasteiger partial charge in [-0.15, -0.1) is 0 Å². The second-order valence-corrected chi connectivity index (χ2v) is 2.74. The van der Waals surface area contributed by atoms with Gasteiger partial charge < -0.3 is 5.11 Å². The van der Waals surface area contributed by atoms with Crippen molar-refractivity contribution >= 4 is 0 Å². The molecule has 0 spiro atoms. The molecule has 1 aromatic heterocycles. The lowest BCUT2D eigenvalue weighted by atomic mass is 10.1. The molecule has 1 unspecified atom stereocenters. The Kier molecular flexibility index (Phi) is 3.23. The van der Waals surface area contributed by atoms with Crippen molar-refractivity contribution < 1.29 is 27.1 Å². The molecule has 1 N–H and O–H groups in total. The van der Waals surface area contributed by atoms with Crippen molar-refractivity contribution in [3.8, 4) is 0 Å². The second kappa shape index (κ2) is 4.09. The number of halogens is 5. The number of aliphatic hydroxyl groups excluding tert-OH is 1. The molecule has 1 atom stereocenters. The number of alkyl halides is 5. The molecular weight excluding hydrogens is 221 g/mol. The number of nitrogens with zero attached hydrogens (tertiary/aromatic N) is 1. The minimum atomic E-state index is -4.81. The predicted molar refractivity (Wildman–Crippen MR) is 40.2 cm³/mol. The van der Waals surface area contributed by atoms with E-state index in [-0.39, 0.29) is 0 Å². The second-order valence-electron chi connectivity index (χ2n) is 2.74. The fourth-order valence-electron chi connectivity index (χ4n) is 1.04. The maximum Gasteiger partial charge on any atom is 0.418 e. The van der Waals surface area contributed by atoms with Gasteiger partial charge in [-0.1, -0.05) is 0 Å². The van der Waals surface area contributed by atoms with Gasteiger partial charge in [0.25, 0.3) is 6.43 Å². The van der Waals surface area contributed by atoms with E-state index in [9.17, 15) is 22.0 Å². The SMILES string of the molecule is OC(c1ccncc1C(F)(F)F)C(F)F. The molecule has 1 rings (SSSR count). The van der Waals surface area contributed by atoms with Crippen LogP contribution in [0.15, 0.2) is 18.5 Å². The van der Waals surface area contributed by atoms with Crippen LogP contribution < -0.4 is 0 Å². The summed E-state index contributed by atoms with van der Waals surface area (Å²) in [5.74, 6) is 0. The van der Waals surface area contributed by atoms with Gasteiger partial charge in [0, 0.05) is 18.0 Å². The summed E-state index contributed by atoms with van der Waals surface area (Å²) in [6.45, 7) is 0. The molecule has 0 bridgehead atoms. The van der Waals surface area contributed by atoms with E-state index in [4.69, 9.17) is 5.11 Å². The van der Waals surface area contributed by atoms with Crippen molar-refractivity contribution in [2.45, 2.75) is 18.7 Å². The Bertz CT molecular complexity index is 338. The van der Waals surface area contributed by atoms with Crippen molar-refractivity contribution in [2.24, 2.45) is 0 Å². The van der Waals surface area contributed by atoms with E-state index in [1.807, 2.05) is 0 Å². The molecule has 0 aromatic carbocycles. The van der Waals surface area contributed by atoms with Crippen LogP contribution in [-0.4, -0.2) is 16.5 Å². The Balaban J connectivity index is 3.18. The fourth-order valence-corrected chi connectivity index (χ4v) is 1.04. The Hall–Kier alpha value is -1.24. The van der Waals surface area contributed by atoms with E-state index < -0.39 is 29.8 Å². The zero-order chi connectivity index (χ0) is 11.6. The van der Waals surface area contributed by atoms with Crippen LogP contribution in [0, 0.1) is 0 Å². The van der Waals surface area contributed by atoms with E-state index >= 15 is 0 Å². The van der Waals surface area contributed by atoms with Gasteiger partial charge in [-0.2, -0.15) is 13.2 Å². The van der Waals surface area contributed by atoms with Crippen LogP contribution in [0.5, 0.6) is 0 Å². The van der Waals surface area contributed by atoms with Crippen molar-refractivity contribution in [3.05, 3.63) is 29.6 Å². The molecule has 0 aliphatic heterocycles. The average Bonchev–Trinajstić information content (AvgIpc) is 2.15. The quantitative estimate of drug-likeness (QED) is 0.787. The van der Waals surface area contributed by atoms with Crippen molar-refractivity contribution in [1.82, 2.24) is 4.98 Å². The molecule has 0 saturated heterocycles. The highest BCUT2D eigenvalue weighted by molar-refractivity contribution is 5.28. The molecule has 0 radical (unpaired) electrons. The van der Waals surface area contributed by atoms with Crippen LogP contribution in [0.4, 0.5) is 22.0 Å². The summed E-state index contributed by atoms with van der Waals surface area (Å²) >= 11 is 0. The normalized spacial score (nSPS) is 14.3. The Morgan fingerprint density at radius 1 is 1.27 bits per heavy atom. The lowest BCUT2D eigenvalue weighted by Crippen LogP contribution is -2.16. The van der Waals surface area contributed by atoms with Gasteiger partial charge in [0.15, 0.2) is 0 Å². The average molecular weight is 227 g/mol. The standard InChI is InChI=1S/C8H6F5NO/c9-7(10)6(15)4-1-2-14-3-5(4)8(11,12)13/h1-3,6-7,15H. The number of hydrogen-bond donors (Lipinski definition) is 1. The molecule has 0 aliphatic carbocycles. The zero-order valence-electron chi connectivity index (χ0n) is 7.17. The zero-order valence-corrected chi connectivity index (χ0v) is 7.17. The van der Waals surface area contributed by atoms with E-state index in [0.29, 0.717) is 6.20 Å². The number of hydrogen-bond acceptors (Lipinski definition) is 2. The largest absolute Gasteiger partial charge is 0.418 e. The van der Waals surface area contributed by atoms with Gasteiger partial charge in [0.05, 0.1) is 5.56 Å². The Morgan fingerprint density at radius 2 is 1.87 bits per heavy atom. The molecule has 15 heavy (non-hydrogen) atoms. The highest BCUT2D eigenvalue weighted by Crippen LogP contribution is 2.35. The van der Waals surface area contributed by atoms with Crippen LogP contribution in [-0.2, 0) is 6.18 Å². The molecule has 0 aliphatic rings. The van der Waals surface area contributed by atoms with Crippen molar-refractivity contribution in [1.29, 1.82) is 0 Å². The number of rotatable bonds is 2. The first-order valence-corrected chi connectivity index (χ1v) is 3.81. The Morgan fingerprint density at radius 3 is 2.33 bits per heavy atom. The third-order valence-corrected chi connectivity index (χ3v) is 1.72. The molecule has 2 nitrogen and oxygen atoms in total. The van der Waals surface area contributed by atoms with Gasteiger partial charge >= 0.3 is 6.18 Å². The molecule has 0 saturated carbocycles. The summed E-state index contributed by atoms with van der Waals surface area (Å²) in [6.07, 6.45) is -9.21. The maximum atomic E-state index is 12.3. The van der Waals surface area contributed by atoms with Crippen LogP contribution in [0.25, 0.3) is 0 Å². The minimum absolute atomic E-state index is 0.404. The third-order valence-electron chi connectivity index (χ3n) is 1.72. The van der Waals surface area contributed by atoms with Crippen molar-refractivity contribution in [2.75, 3.05) is 0 Å². The smallest absolute Gasteiger partial charge is 0.382 e. The van der Waals surface area contributed by atoms with Crippen LogP contribution >= 0.6 is 0 Å². The summed E-state index contributed by atoms with van der Waals surface area (Å²) in [7, 11) is 0. The van der Waals surface area contributed by atoms with Crippen LogP contribution in [0.3, 0.4) is 0 Å². The number of aliphatic hydroxyl groups is 1. The van der Waals surface area contributed by atoms with Gasteiger partial charge in [0.1, 0.15) is 6.10 Å². The highest BCUT2D eigenvalue weighted by Gasteiger charge is 2.37. The first-order valence-electron chi connectivity index (χ1n) is 3.81. The minimum Gasteiger partial charge on any atom is -0.382 e. The molecule has 1 aromatic rings. The van der Waals surface area contributed by atoms with Gasteiger partial charge in [-0.3, -0.25) is 4.98 Å². The Labute approximate surface area is 81.4 Å². The number of pyridine rings is 1. The summed E-state index contributed by atoms with van der Waals surface area (Å²) < 4.78 is 60.9.